The van der Waals surface area contributed by atoms with Crippen molar-refractivity contribution in [1.82, 2.24) is 0 Å². The molecule has 0 heterocycles. The van der Waals surface area contributed by atoms with Crippen LogP contribution in [0.15, 0.2) is 121 Å². The molecule has 0 bridgehead atoms. The van der Waals surface area contributed by atoms with E-state index in [1.165, 1.54) is 10.4 Å². The first-order valence-corrected chi connectivity index (χ1v) is 18.3. The number of benzene rings is 4. The minimum absolute atomic E-state index is 0.0630. The summed E-state index contributed by atoms with van der Waals surface area (Å²) < 4.78 is 17.9. The SMILES string of the molecule is CC(C)(C)[Si](OCC1(COC(=O)c2ccccc2)CC1)(c1ccccc1)c1ccccc1.O=C(OCC1(CO)CC1)c1ccccc1. The molecule has 0 aliphatic heterocycles. The number of aliphatic hydroxyl groups excluding tert-OH is 1. The fourth-order valence-electron chi connectivity index (χ4n) is 5.81. The molecule has 1 N–H and O–H groups in total. The number of carbonyl (C=O) groups is 2. The van der Waals surface area contributed by atoms with E-state index >= 15 is 0 Å². The second-order valence-electron chi connectivity index (χ2n) is 14.0. The summed E-state index contributed by atoms with van der Waals surface area (Å²) in [5, 5.41) is 11.5. The van der Waals surface area contributed by atoms with Gasteiger partial charge in [0.1, 0.15) is 0 Å². The van der Waals surface area contributed by atoms with Crippen molar-refractivity contribution in [2.75, 3.05) is 26.4 Å². The minimum Gasteiger partial charge on any atom is -0.461 e. The van der Waals surface area contributed by atoms with Gasteiger partial charge in [0.25, 0.3) is 8.32 Å². The summed E-state index contributed by atoms with van der Waals surface area (Å²) in [6, 6.07) is 39.4. The Labute approximate surface area is 279 Å². The fraction of sp³-hybridized carbons (Fsp3) is 0.350. The monoisotopic (exact) mass is 650 g/mol. The summed E-state index contributed by atoms with van der Waals surface area (Å²) in [7, 11) is -2.58. The Morgan fingerprint density at radius 3 is 1.30 bits per heavy atom. The van der Waals surface area contributed by atoms with E-state index in [-0.39, 0.29) is 34.4 Å². The normalized spacial score (nSPS) is 15.8. The topological polar surface area (TPSA) is 82.1 Å². The van der Waals surface area contributed by atoms with Crippen LogP contribution in [-0.4, -0.2) is 51.8 Å². The van der Waals surface area contributed by atoms with E-state index in [2.05, 4.69) is 81.4 Å². The van der Waals surface area contributed by atoms with Gasteiger partial charge in [-0.2, -0.15) is 0 Å². The molecule has 2 fully saturated rings. The molecular weight excluding hydrogens is 605 g/mol. The Morgan fingerprint density at radius 2 is 0.957 bits per heavy atom. The van der Waals surface area contributed by atoms with E-state index in [0.717, 1.165) is 25.7 Å². The third-order valence-corrected chi connectivity index (χ3v) is 14.3. The molecule has 0 radical (unpaired) electrons. The molecule has 6 rings (SSSR count). The summed E-state index contributed by atoms with van der Waals surface area (Å²) in [6.45, 7) is 8.30. The zero-order chi connectivity index (χ0) is 33.4. The van der Waals surface area contributed by atoms with Gasteiger partial charge in [-0.25, -0.2) is 9.59 Å². The quantitative estimate of drug-likeness (QED) is 0.134. The van der Waals surface area contributed by atoms with E-state index < -0.39 is 8.32 Å². The largest absolute Gasteiger partial charge is 0.461 e. The number of hydrogen-bond acceptors (Lipinski definition) is 6. The highest BCUT2D eigenvalue weighted by atomic mass is 28.4. The van der Waals surface area contributed by atoms with Gasteiger partial charge >= 0.3 is 11.9 Å². The number of aliphatic hydroxyl groups is 1. The molecule has 0 saturated heterocycles. The maximum atomic E-state index is 12.5. The van der Waals surface area contributed by atoms with Crippen molar-refractivity contribution >= 4 is 30.6 Å². The summed E-state index contributed by atoms with van der Waals surface area (Å²) >= 11 is 0. The van der Waals surface area contributed by atoms with E-state index in [4.69, 9.17) is 19.0 Å². The van der Waals surface area contributed by atoms with Crippen molar-refractivity contribution in [3.8, 4) is 0 Å². The molecule has 2 aliphatic rings. The smallest absolute Gasteiger partial charge is 0.338 e. The molecule has 4 aromatic carbocycles. The standard InChI is InChI=1S/C28H32O3Si.C12H14O3/c1-27(2,3)32(24-15-9-5-10-16-24,25-17-11-6-12-18-25)31-22-28(19-20-28)21-30-26(29)23-13-7-4-8-14-23;13-8-12(6-7-12)9-15-11(14)10-4-2-1-3-5-10/h4-18H,19-22H2,1-3H3;1-5,13H,6-9H2. The Bertz CT molecular complexity index is 1540. The predicted octanol–water partition coefficient (Wildman–Crippen LogP) is 6.82. The maximum absolute atomic E-state index is 12.5. The summed E-state index contributed by atoms with van der Waals surface area (Å²) in [6.07, 6.45) is 3.94. The van der Waals surface area contributed by atoms with Gasteiger partial charge in [0.2, 0.25) is 0 Å². The Hall–Kier alpha value is -4.04. The first kappa shape index (κ1) is 34.3. The second kappa shape index (κ2) is 14.8. The highest BCUT2D eigenvalue weighted by Gasteiger charge is 2.53. The van der Waals surface area contributed by atoms with Crippen molar-refractivity contribution in [2.24, 2.45) is 10.8 Å². The lowest BCUT2D eigenvalue weighted by molar-refractivity contribution is 0.0345. The van der Waals surface area contributed by atoms with Crippen molar-refractivity contribution in [2.45, 2.75) is 51.5 Å². The fourth-order valence-corrected chi connectivity index (χ4v) is 10.5. The van der Waals surface area contributed by atoms with E-state index in [9.17, 15) is 9.59 Å². The number of carbonyl (C=O) groups excluding carboxylic acids is 2. The third-order valence-electron chi connectivity index (χ3n) is 9.30. The van der Waals surface area contributed by atoms with Crippen LogP contribution in [0.3, 0.4) is 0 Å². The van der Waals surface area contributed by atoms with Gasteiger partial charge in [0.15, 0.2) is 0 Å². The zero-order valence-corrected chi connectivity index (χ0v) is 28.7. The van der Waals surface area contributed by atoms with Gasteiger partial charge in [-0.05, 0) is 65.4 Å². The summed E-state index contributed by atoms with van der Waals surface area (Å²) in [5.41, 5.74) is 0.935. The number of esters is 2. The molecular formula is C40H46O6Si. The van der Waals surface area contributed by atoms with Crippen LogP contribution in [0.1, 0.15) is 67.2 Å². The lowest BCUT2D eigenvalue weighted by Gasteiger charge is -2.43. The highest BCUT2D eigenvalue weighted by molar-refractivity contribution is 6.99. The third kappa shape index (κ3) is 8.47. The highest BCUT2D eigenvalue weighted by Crippen LogP contribution is 2.48. The molecule has 0 atom stereocenters. The maximum Gasteiger partial charge on any atom is 0.338 e. The van der Waals surface area contributed by atoms with Crippen LogP contribution in [0.4, 0.5) is 0 Å². The number of ether oxygens (including phenoxy) is 2. The van der Waals surface area contributed by atoms with Crippen LogP contribution in [0.25, 0.3) is 0 Å². The molecule has 47 heavy (non-hydrogen) atoms. The number of rotatable bonds is 12. The van der Waals surface area contributed by atoms with Gasteiger partial charge in [-0.1, -0.05) is 118 Å². The van der Waals surface area contributed by atoms with Gasteiger partial charge in [-0.3, -0.25) is 0 Å². The first-order chi connectivity index (χ1) is 22.6. The van der Waals surface area contributed by atoms with Crippen molar-refractivity contribution in [3.63, 3.8) is 0 Å². The van der Waals surface area contributed by atoms with Crippen LogP contribution in [0.5, 0.6) is 0 Å². The average molecular weight is 651 g/mol. The molecule has 2 saturated carbocycles. The van der Waals surface area contributed by atoms with Crippen LogP contribution in [-0.2, 0) is 13.9 Å². The average Bonchev–Trinajstić information content (AvgIpc) is 4.05. The summed E-state index contributed by atoms with van der Waals surface area (Å²) in [5.74, 6) is -0.572. The first-order valence-electron chi connectivity index (χ1n) is 16.4. The van der Waals surface area contributed by atoms with Crippen LogP contribution >= 0.6 is 0 Å². The van der Waals surface area contributed by atoms with Gasteiger partial charge < -0.3 is 19.0 Å². The lowest BCUT2D eigenvalue weighted by Crippen LogP contribution is -2.67. The van der Waals surface area contributed by atoms with Crippen molar-refractivity contribution in [1.29, 1.82) is 0 Å². The van der Waals surface area contributed by atoms with Crippen LogP contribution < -0.4 is 10.4 Å². The molecule has 4 aromatic rings. The molecule has 0 spiro atoms. The lowest BCUT2D eigenvalue weighted by atomic mass is 10.1. The Morgan fingerprint density at radius 1 is 0.596 bits per heavy atom. The van der Waals surface area contributed by atoms with Gasteiger partial charge in [0.05, 0.1) is 30.9 Å². The van der Waals surface area contributed by atoms with Crippen molar-refractivity contribution < 1.29 is 28.6 Å². The molecule has 0 amide bonds. The van der Waals surface area contributed by atoms with Crippen LogP contribution in [0.2, 0.25) is 5.04 Å². The van der Waals surface area contributed by atoms with Crippen LogP contribution in [0, 0.1) is 10.8 Å². The molecule has 2 aliphatic carbocycles. The van der Waals surface area contributed by atoms with E-state index in [1.54, 1.807) is 36.4 Å². The summed E-state index contributed by atoms with van der Waals surface area (Å²) in [4.78, 5) is 24.0. The van der Waals surface area contributed by atoms with E-state index in [0.29, 0.717) is 30.9 Å². The number of hydrogen-bond donors (Lipinski definition) is 1. The predicted molar refractivity (Wildman–Crippen MR) is 187 cm³/mol. The van der Waals surface area contributed by atoms with Crippen molar-refractivity contribution in [3.05, 3.63) is 132 Å². The Kier molecular flexibility index (Phi) is 10.8. The van der Waals surface area contributed by atoms with E-state index in [1.807, 2.05) is 24.3 Å². The Balaban J connectivity index is 0.000000241. The van der Waals surface area contributed by atoms with Gasteiger partial charge in [-0.15, -0.1) is 0 Å². The minimum atomic E-state index is -2.58. The molecule has 7 heteroatoms. The molecule has 6 nitrogen and oxygen atoms in total. The zero-order valence-electron chi connectivity index (χ0n) is 27.7. The van der Waals surface area contributed by atoms with Gasteiger partial charge in [0, 0.05) is 17.4 Å². The molecule has 0 unspecified atom stereocenters. The molecule has 246 valence electrons. The molecule has 0 aromatic heterocycles. The second-order valence-corrected chi connectivity index (χ2v) is 18.3.